The monoisotopic (exact) mass is 277 g/mol. The molecule has 0 amide bonds. The van der Waals surface area contributed by atoms with Gasteiger partial charge in [0.1, 0.15) is 11.9 Å². The molecule has 0 aromatic heterocycles. The molecule has 1 saturated carbocycles. The molecule has 1 N–H and O–H groups in total. The minimum absolute atomic E-state index is 0.235. The first-order valence-corrected chi connectivity index (χ1v) is 7.56. The highest BCUT2D eigenvalue weighted by Crippen LogP contribution is 2.36. The van der Waals surface area contributed by atoms with E-state index in [9.17, 15) is 0 Å². The molecule has 3 unspecified atom stereocenters. The van der Waals surface area contributed by atoms with Gasteiger partial charge in [-0.3, -0.25) is 0 Å². The largest absolute Gasteiger partial charge is 0.489 e. The molecule has 1 aromatic carbocycles. The van der Waals surface area contributed by atoms with Crippen LogP contribution in [0.1, 0.15) is 33.1 Å². The van der Waals surface area contributed by atoms with Crippen LogP contribution in [0.5, 0.6) is 17.2 Å². The maximum atomic E-state index is 6.22. The number of fused-ring (bicyclic) bond motifs is 1. The van der Waals surface area contributed by atoms with Crippen molar-refractivity contribution in [1.82, 2.24) is 5.32 Å². The van der Waals surface area contributed by atoms with Gasteiger partial charge in [-0.2, -0.15) is 0 Å². The van der Waals surface area contributed by atoms with E-state index in [0.717, 1.165) is 36.1 Å². The lowest BCUT2D eigenvalue weighted by atomic mass is 9.85. The molecule has 1 aliphatic carbocycles. The number of ether oxygens (including phenoxy) is 3. The molecule has 1 heterocycles. The van der Waals surface area contributed by atoms with Crippen molar-refractivity contribution in [1.29, 1.82) is 0 Å². The Labute approximate surface area is 120 Å². The van der Waals surface area contributed by atoms with Crippen LogP contribution in [-0.2, 0) is 0 Å². The van der Waals surface area contributed by atoms with Crippen LogP contribution in [0.15, 0.2) is 18.2 Å². The van der Waals surface area contributed by atoms with Crippen molar-refractivity contribution in [3.8, 4) is 17.2 Å². The molecule has 2 aliphatic rings. The molecule has 1 aliphatic heterocycles. The van der Waals surface area contributed by atoms with Crippen LogP contribution in [0.2, 0.25) is 0 Å². The molecule has 3 atom stereocenters. The first kappa shape index (κ1) is 13.6. The molecule has 0 saturated heterocycles. The van der Waals surface area contributed by atoms with Crippen LogP contribution in [0.25, 0.3) is 0 Å². The van der Waals surface area contributed by atoms with Crippen LogP contribution >= 0.6 is 0 Å². The fraction of sp³-hybridized carbons (Fsp3) is 0.625. The zero-order valence-corrected chi connectivity index (χ0v) is 12.2. The van der Waals surface area contributed by atoms with Gasteiger partial charge in [0.2, 0.25) is 6.79 Å². The van der Waals surface area contributed by atoms with Crippen molar-refractivity contribution < 1.29 is 14.2 Å². The van der Waals surface area contributed by atoms with Gasteiger partial charge in [-0.15, -0.1) is 0 Å². The maximum absolute atomic E-state index is 6.22. The first-order chi connectivity index (χ1) is 9.76. The van der Waals surface area contributed by atoms with Gasteiger partial charge in [-0.1, -0.05) is 13.8 Å². The minimum Gasteiger partial charge on any atom is -0.489 e. The van der Waals surface area contributed by atoms with E-state index >= 15 is 0 Å². The lowest BCUT2D eigenvalue weighted by Gasteiger charge is -2.35. The summed E-state index contributed by atoms with van der Waals surface area (Å²) in [5.41, 5.74) is 0. The second-order valence-electron chi connectivity index (χ2n) is 5.75. The number of nitrogens with one attached hydrogen (secondary N) is 1. The molecule has 1 aromatic rings. The van der Waals surface area contributed by atoms with Gasteiger partial charge in [0.05, 0.1) is 0 Å². The Morgan fingerprint density at radius 3 is 2.95 bits per heavy atom. The summed E-state index contributed by atoms with van der Waals surface area (Å²) in [7, 11) is 0. The van der Waals surface area contributed by atoms with Crippen LogP contribution < -0.4 is 19.5 Å². The van der Waals surface area contributed by atoms with Gasteiger partial charge >= 0.3 is 0 Å². The molecule has 3 rings (SSSR count). The smallest absolute Gasteiger partial charge is 0.231 e. The highest BCUT2D eigenvalue weighted by molar-refractivity contribution is 5.46. The molecule has 0 radical (unpaired) electrons. The van der Waals surface area contributed by atoms with Crippen molar-refractivity contribution in [3.05, 3.63) is 18.2 Å². The number of benzene rings is 1. The van der Waals surface area contributed by atoms with Crippen molar-refractivity contribution in [2.75, 3.05) is 13.3 Å². The van der Waals surface area contributed by atoms with Crippen molar-refractivity contribution in [2.24, 2.45) is 5.92 Å². The average Bonchev–Trinajstić information content (AvgIpc) is 2.89. The zero-order valence-electron chi connectivity index (χ0n) is 12.2. The van der Waals surface area contributed by atoms with Gasteiger partial charge in [-0.25, -0.2) is 0 Å². The third-order valence-electron chi connectivity index (χ3n) is 4.15. The summed E-state index contributed by atoms with van der Waals surface area (Å²) in [5.74, 6) is 3.18. The van der Waals surface area contributed by atoms with E-state index in [1.165, 1.54) is 12.8 Å². The quantitative estimate of drug-likeness (QED) is 0.918. The van der Waals surface area contributed by atoms with E-state index < -0.39 is 0 Å². The van der Waals surface area contributed by atoms with E-state index in [2.05, 4.69) is 19.2 Å². The van der Waals surface area contributed by atoms with Crippen LogP contribution in [-0.4, -0.2) is 25.5 Å². The van der Waals surface area contributed by atoms with Gasteiger partial charge in [0, 0.05) is 12.1 Å². The number of rotatable bonds is 4. The predicted octanol–water partition coefficient (Wildman–Crippen LogP) is 2.96. The number of likely N-dealkylation sites (N-methyl/N-ethyl adjacent to an activating group) is 1. The molecule has 1 fully saturated rings. The molecule has 20 heavy (non-hydrogen) atoms. The first-order valence-electron chi connectivity index (χ1n) is 7.56. The Kier molecular flexibility index (Phi) is 4.01. The van der Waals surface area contributed by atoms with E-state index in [-0.39, 0.29) is 6.10 Å². The molecule has 110 valence electrons. The minimum atomic E-state index is 0.235. The van der Waals surface area contributed by atoms with Crippen LogP contribution in [0.4, 0.5) is 0 Å². The Bertz CT molecular complexity index is 463. The normalized spacial score (nSPS) is 28.4. The summed E-state index contributed by atoms with van der Waals surface area (Å²) in [5, 5.41) is 3.55. The fourth-order valence-corrected chi connectivity index (χ4v) is 3.08. The Morgan fingerprint density at radius 2 is 2.10 bits per heavy atom. The molecule has 0 bridgehead atoms. The van der Waals surface area contributed by atoms with Gasteiger partial charge in [0.25, 0.3) is 0 Å². The summed E-state index contributed by atoms with van der Waals surface area (Å²) in [6, 6.07) is 6.27. The van der Waals surface area contributed by atoms with E-state index in [4.69, 9.17) is 14.2 Å². The highest BCUT2D eigenvalue weighted by Gasteiger charge is 2.30. The second kappa shape index (κ2) is 5.92. The maximum Gasteiger partial charge on any atom is 0.231 e. The third kappa shape index (κ3) is 2.85. The fourth-order valence-electron chi connectivity index (χ4n) is 3.08. The molecule has 4 nitrogen and oxygen atoms in total. The van der Waals surface area contributed by atoms with Gasteiger partial charge < -0.3 is 19.5 Å². The van der Waals surface area contributed by atoms with Crippen molar-refractivity contribution in [2.45, 2.75) is 45.3 Å². The number of hydrogen-bond donors (Lipinski definition) is 1. The Morgan fingerprint density at radius 1 is 1.25 bits per heavy atom. The van der Waals surface area contributed by atoms with Crippen molar-refractivity contribution >= 4 is 0 Å². The summed E-state index contributed by atoms with van der Waals surface area (Å²) < 4.78 is 17.0. The average molecular weight is 277 g/mol. The lowest BCUT2D eigenvalue weighted by molar-refractivity contribution is 0.0914. The van der Waals surface area contributed by atoms with Crippen LogP contribution in [0, 0.1) is 5.92 Å². The molecular weight excluding hydrogens is 254 g/mol. The van der Waals surface area contributed by atoms with Crippen LogP contribution in [0.3, 0.4) is 0 Å². The van der Waals surface area contributed by atoms with E-state index in [0.29, 0.717) is 12.8 Å². The Hall–Kier alpha value is -1.42. The molecular formula is C16H23NO3. The molecule has 4 heteroatoms. The zero-order chi connectivity index (χ0) is 13.9. The van der Waals surface area contributed by atoms with E-state index in [1.54, 1.807) is 0 Å². The summed E-state index contributed by atoms with van der Waals surface area (Å²) >= 11 is 0. The molecule has 0 spiro atoms. The third-order valence-corrected chi connectivity index (χ3v) is 4.15. The summed E-state index contributed by atoms with van der Waals surface area (Å²) in [6.45, 7) is 5.74. The SMILES string of the molecule is CCNC1CCC(C)CC1Oc1ccc2c(c1)OCO2. The summed E-state index contributed by atoms with van der Waals surface area (Å²) in [4.78, 5) is 0. The lowest BCUT2D eigenvalue weighted by Crippen LogP contribution is -2.46. The Balaban J connectivity index is 1.70. The highest BCUT2D eigenvalue weighted by atomic mass is 16.7. The summed E-state index contributed by atoms with van der Waals surface area (Å²) in [6.07, 6.45) is 3.80. The second-order valence-corrected chi connectivity index (χ2v) is 5.75. The number of hydrogen-bond acceptors (Lipinski definition) is 4. The van der Waals surface area contributed by atoms with Gasteiger partial charge in [0.15, 0.2) is 11.5 Å². The van der Waals surface area contributed by atoms with E-state index in [1.807, 2.05) is 18.2 Å². The topological polar surface area (TPSA) is 39.7 Å². The predicted molar refractivity (Wildman–Crippen MR) is 77.5 cm³/mol. The van der Waals surface area contributed by atoms with Gasteiger partial charge in [-0.05, 0) is 43.9 Å². The van der Waals surface area contributed by atoms with Crippen molar-refractivity contribution in [3.63, 3.8) is 0 Å². The standard InChI is InChI=1S/C16H23NO3/c1-3-17-13-6-4-11(2)8-15(13)20-12-5-7-14-16(9-12)19-10-18-14/h5,7,9,11,13,15,17H,3-4,6,8,10H2,1-2H3.